The molecule has 0 atom stereocenters. The third kappa shape index (κ3) is 2.39. The van der Waals surface area contributed by atoms with E-state index >= 15 is 0 Å². The van der Waals surface area contributed by atoms with Crippen LogP contribution >= 0.6 is 0 Å². The van der Waals surface area contributed by atoms with Gasteiger partial charge in [-0.25, -0.2) is 9.78 Å². The molecular formula is C21H19N3O2. The summed E-state index contributed by atoms with van der Waals surface area (Å²) >= 11 is 0. The van der Waals surface area contributed by atoms with Crippen molar-refractivity contribution in [3.05, 3.63) is 53.6 Å². The number of fused-ring (bicyclic) bond motifs is 2. The number of hydrogen-bond donors (Lipinski definition) is 1. The van der Waals surface area contributed by atoms with Crippen LogP contribution in [0.25, 0.3) is 22.2 Å². The molecule has 1 aromatic heterocycles. The molecule has 0 radical (unpaired) electrons. The Hall–Kier alpha value is -3.08. The molecule has 1 fully saturated rings. The molecule has 0 unspecified atom stereocenters. The zero-order valence-electron chi connectivity index (χ0n) is 14.6. The maximum atomic E-state index is 12.0. The summed E-state index contributed by atoms with van der Waals surface area (Å²) in [6.07, 6.45) is 0.948. The van der Waals surface area contributed by atoms with Crippen molar-refractivity contribution < 1.29 is 9.53 Å². The molecule has 130 valence electrons. The van der Waals surface area contributed by atoms with E-state index in [-0.39, 0.29) is 6.03 Å². The van der Waals surface area contributed by atoms with Gasteiger partial charge in [0.15, 0.2) is 0 Å². The summed E-state index contributed by atoms with van der Waals surface area (Å²) in [5.41, 5.74) is 6.27. The van der Waals surface area contributed by atoms with Gasteiger partial charge >= 0.3 is 6.03 Å². The van der Waals surface area contributed by atoms with Gasteiger partial charge in [-0.1, -0.05) is 6.07 Å². The molecule has 2 aliphatic heterocycles. The van der Waals surface area contributed by atoms with Gasteiger partial charge in [0.05, 0.1) is 17.8 Å². The number of amides is 2. The van der Waals surface area contributed by atoms with Crippen molar-refractivity contribution >= 4 is 22.6 Å². The summed E-state index contributed by atoms with van der Waals surface area (Å²) < 4.78 is 5.60. The summed E-state index contributed by atoms with van der Waals surface area (Å²) in [6.45, 7) is 4.23. The van der Waals surface area contributed by atoms with Crippen LogP contribution in [0.1, 0.15) is 11.1 Å². The van der Waals surface area contributed by atoms with E-state index in [2.05, 4.69) is 36.5 Å². The molecule has 2 aliphatic rings. The van der Waals surface area contributed by atoms with Crippen molar-refractivity contribution in [1.82, 2.24) is 10.3 Å². The molecule has 0 aliphatic carbocycles. The van der Waals surface area contributed by atoms with Gasteiger partial charge in [0.2, 0.25) is 0 Å². The van der Waals surface area contributed by atoms with Crippen molar-refractivity contribution in [3.8, 4) is 17.0 Å². The van der Waals surface area contributed by atoms with Crippen molar-refractivity contribution in [3.63, 3.8) is 0 Å². The summed E-state index contributed by atoms with van der Waals surface area (Å²) in [5.74, 6) is 0.980. The van der Waals surface area contributed by atoms with Crippen LogP contribution < -0.4 is 15.0 Å². The first-order chi connectivity index (χ1) is 12.7. The minimum Gasteiger partial charge on any atom is -0.493 e. The Morgan fingerprint density at radius 2 is 2.08 bits per heavy atom. The van der Waals surface area contributed by atoms with E-state index in [0.717, 1.165) is 46.6 Å². The van der Waals surface area contributed by atoms with E-state index in [1.54, 1.807) is 4.90 Å². The fourth-order valence-electron chi connectivity index (χ4n) is 3.77. The van der Waals surface area contributed by atoms with E-state index in [0.29, 0.717) is 13.1 Å². The number of ether oxygens (including phenoxy) is 1. The van der Waals surface area contributed by atoms with Gasteiger partial charge in [-0.3, -0.25) is 4.90 Å². The number of nitrogens with zero attached hydrogens (tertiary/aromatic N) is 2. The summed E-state index contributed by atoms with van der Waals surface area (Å²) in [5, 5.41) is 3.96. The Labute approximate surface area is 151 Å². The minimum absolute atomic E-state index is 0.0455. The lowest BCUT2D eigenvalue weighted by Crippen LogP contribution is -2.27. The van der Waals surface area contributed by atoms with Gasteiger partial charge in [-0.15, -0.1) is 0 Å². The molecule has 1 N–H and O–H groups in total. The molecule has 5 rings (SSSR count). The Kier molecular flexibility index (Phi) is 3.35. The topological polar surface area (TPSA) is 54.5 Å². The number of hydrogen-bond acceptors (Lipinski definition) is 3. The Morgan fingerprint density at radius 1 is 1.15 bits per heavy atom. The summed E-state index contributed by atoms with van der Waals surface area (Å²) in [7, 11) is 0. The molecule has 1 saturated heterocycles. The largest absolute Gasteiger partial charge is 0.493 e. The minimum atomic E-state index is -0.0455. The van der Waals surface area contributed by atoms with Gasteiger partial charge in [0, 0.05) is 36.1 Å². The second-order valence-corrected chi connectivity index (χ2v) is 6.83. The molecule has 3 aromatic rings. The van der Waals surface area contributed by atoms with Crippen LogP contribution in [-0.2, 0) is 6.42 Å². The second kappa shape index (κ2) is 5.73. The third-order valence-corrected chi connectivity index (χ3v) is 5.15. The predicted molar refractivity (Wildman–Crippen MR) is 102 cm³/mol. The van der Waals surface area contributed by atoms with Crippen molar-refractivity contribution in [2.45, 2.75) is 13.3 Å². The lowest BCUT2D eigenvalue weighted by atomic mass is 10.0. The number of pyridine rings is 1. The quantitative estimate of drug-likeness (QED) is 0.771. The smallest absolute Gasteiger partial charge is 0.321 e. The number of anilines is 1. The lowest BCUT2D eigenvalue weighted by Gasteiger charge is -2.15. The van der Waals surface area contributed by atoms with Gasteiger partial charge in [0.1, 0.15) is 5.75 Å². The first-order valence-corrected chi connectivity index (χ1v) is 8.92. The number of rotatable bonds is 2. The average molecular weight is 345 g/mol. The van der Waals surface area contributed by atoms with Gasteiger partial charge in [0.25, 0.3) is 0 Å². The number of aryl methyl sites for hydroxylation is 1. The van der Waals surface area contributed by atoms with Crippen molar-refractivity contribution in [1.29, 1.82) is 0 Å². The number of aromatic nitrogens is 1. The first kappa shape index (κ1) is 15.2. The first-order valence-electron chi connectivity index (χ1n) is 8.92. The van der Waals surface area contributed by atoms with Crippen molar-refractivity contribution in [2.24, 2.45) is 0 Å². The third-order valence-electron chi connectivity index (χ3n) is 5.15. The van der Waals surface area contributed by atoms with E-state index in [4.69, 9.17) is 9.72 Å². The molecule has 2 aromatic carbocycles. The molecule has 0 bridgehead atoms. The molecule has 0 saturated carbocycles. The molecular weight excluding hydrogens is 326 g/mol. The number of carbonyl (C=O) groups is 1. The monoisotopic (exact) mass is 345 g/mol. The number of urea groups is 1. The van der Waals surface area contributed by atoms with Gasteiger partial charge in [-0.05, 0) is 54.4 Å². The molecule has 26 heavy (non-hydrogen) atoms. The SMILES string of the molecule is Cc1cc(-c2ccc3c(c2)CCO3)nc2cc(N3CCNC3=O)ccc12. The fraction of sp³-hybridized carbons (Fsp3) is 0.238. The normalized spacial score (nSPS) is 15.9. The van der Waals surface area contributed by atoms with E-state index in [1.807, 2.05) is 18.2 Å². The summed E-state index contributed by atoms with van der Waals surface area (Å²) in [4.78, 5) is 18.6. The molecule has 5 nitrogen and oxygen atoms in total. The van der Waals surface area contributed by atoms with Crippen LogP contribution in [0.3, 0.4) is 0 Å². The predicted octanol–water partition coefficient (Wildman–Crippen LogP) is 3.67. The van der Waals surface area contributed by atoms with Crippen LogP contribution in [0, 0.1) is 6.92 Å². The number of benzene rings is 2. The van der Waals surface area contributed by atoms with E-state index < -0.39 is 0 Å². The zero-order valence-corrected chi connectivity index (χ0v) is 14.6. The highest BCUT2D eigenvalue weighted by Crippen LogP contribution is 2.32. The van der Waals surface area contributed by atoms with Crippen LogP contribution in [0.15, 0.2) is 42.5 Å². The number of carbonyl (C=O) groups excluding carboxylic acids is 1. The standard InChI is InChI=1S/C21H19N3O2/c1-13-10-18(14-2-5-20-15(11-14)6-9-26-20)23-19-12-16(3-4-17(13)19)24-8-7-22-21(24)25/h2-5,10-12H,6-9H2,1H3,(H,22,25). The molecule has 3 heterocycles. The fourth-order valence-corrected chi connectivity index (χ4v) is 3.77. The van der Waals surface area contributed by atoms with E-state index in [1.165, 1.54) is 11.1 Å². The van der Waals surface area contributed by atoms with Gasteiger partial charge < -0.3 is 10.1 Å². The molecule has 0 spiro atoms. The molecule has 2 amide bonds. The highest BCUT2D eigenvalue weighted by atomic mass is 16.5. The maximum Gasteiger partial charge on any atom is 0.321 e. The summed E-state index contributed by atoms with van der Waals surface area (Å²) in [6, 6.07) is 14.4. The van der Waals surface area contributed by atoms with Crippen LogP contribution in [0.5, 0.6) is 5.75 Å². The lowest BCUT2D eigenvalue weighted by molar-refractivity contribution is 0.252. The van der Waals surface area contributed by atoms with Crippen LogP contribution in [0.4, 0.5) is 10.5 Å². The van der Waals surface area contributed by atoms with E-state index in [9.17, 15) is 4.79 Å². The molecule has 5 heteroatoms. The highest BCUT2D eigenvalue weighted by Gasteiger charge is 2.21. The van der Waals surface area contributed by atoms with Crippen molar-refractivity contribution in [2.75, 3.05) is 24.6 Å². The van der Waals surface area contributed by atoms with Gasteiger partial charge in [-0.2, -0.15) is 0 Å². The zero-order chi connectivity index (χ0) is 17.7. The van der Waals surface area contributed by atoms with Crippen LogP contribution in [0.2, 0.25) is 0 Å². The Bertz CT molecular complexity index is 1040. The average Bonchev–Trinajstić information content (AvgIpc) is 3.29. The maximum absolute atomic E-state index is 12.0. The van der Waals surface area contributed by atoms with Crippen LogP contribution in [-0.4, -0.2) is 30.7 Å². The number of nitrogens with one attached hydrogen (secondary N) is 1. The Balaban J connectivity index is 1.61. The second-order valence-electron chi connectivity index (χ2n) is 6.83. The highest BCUT2D eigenvalue weighted by molar-refractivity contribution is 5.97. The Morgan fingerprint density at radius 3 is 2.92 bits per heavy atom.